The standard InChI is InChI=1S/C26H33FN4O5/c1-18(32)28-22(15-19-5-10-23(35-2)24(16-19)36-3)26(34)31-12-4-11-30(13-14-31)17-25(33)29-21-8-6-20(27)7-9-21/h5-10,16,22H,4,11-15,17H2,1-3H3,(H,28,32)(H,29,33). The maximum atomic E-state index is 13.4. The average Bonchev–Trinajstić information content (AvgIpc) is 3.09. The average molecular weight is 501 g/mol. The van der Waals surface area contributed by atoms with Crippen LogP contribution in [0.3, 0.4) is 0 Å². The van der Waals surface area contributed by atoms with Crippen molar-refractivity contribution >= 4 is 23.4 Å². The van der Waals surface area contributed by atoms with Gasteiger partial charge in [-0.1, -0.05) is 6.07 Å². The van der Waals surface area contributed by atoms with Crippen molar-refractivity contribution in [2.75, 3.05) is 52.3 Å². The van der Waals surface area contributed by atoms with Gasteiger partial charge >= 0.3 is 0 Å². The van der Waals surface area contributed by atoms with Crippen LogP contribution in [0, 0.1) is 5.82 Å². The van der Waals surface area contributed by atoms with Crippen LogP contribution in [-0.4, -0.2) is 80.5 Å². The third kappa shape index (κ3) is 7.67. The SMILES string of the molecule is COc1ccc(CC(NC(C)=O)C(=O)N2CCCN(CC(=O)Nc3ccc(F)cc3)CC2)cc1OC. The molecule has 1 unspecified atom stereocenters. The van der Waals surface area contributed by atoms with Crippen LogP contribution in [0.5, 0.6) is 11.5 Å². The molecule has 194 valence electrons. The molecule has 1 heterocycles. The molecule has 10 heteroatoms. The van der Waals surface area contributed by atoms with E-state index in [1.54, 1.807) is 31.3 Å². The zero-order chi connectivity index (χ0) is 26.1. The first-order valence-corrected chi connectivity index (χ1v) is 11.8. The van der Waals surface area contributed by atoms with Crippen molar-refractivity contribution in [2.45, 2.75) is 25.8 Å². The van der Waals surface area contributed by atoms with Gasteiger partial charge in [0, 0.05) is 45.2 Å². The van der Waals surface area contributed by atoms with Crippen molar-refractivity contribution in [3.8, 4) is 11.5 Å². The van der Waals surface area contributed by atoms with Gasteiger partial charge in [0.25, 0.3) is 0 Å². The second kappa shape index (κ2) is 12.9. The predicted molar refractivity (Wildman–Crippen MR) is 134 cm³/mol. The normalized spacial score (nSPS) is 14.9. The van der Waals surface area contributed by atoms with Gasteiger partial charge in [-0.2, -0.15) is 0 Å². The van der Waals surface area contributed by atoms with E-state index in [0.29, 0.717) is 56.2 Å². The lowest BCUT2D eigenvalue weighted by Gasteiger charge is -2.27. The minimum Gasteiger partial charge on any atom is -0.493 e. The van der Waals surface area contributed by atoms with Crippen molar-refractivity contribution in [1.82, 2.24) is 15.1 Å². The van der Waals surface area contributed by atoms with Crippen LogP contribution in [0.25, 0.3) is 0 Å². The van der Waals surface area contributed by atoms with Gasteiger partial charge in [-0.05, 0) is 48.4 Å². The van der Waals surface area contributed by atoms with E-state index in [1.807, 2.05) is 11.0 Å². The van der Waals surface area contributed by atoms with Gasteiger partial charge in [0.2, 0.25) is 17.7 Å². The number of methoxy groups -OCH3 is 2. The number of anilines is 1. The Morgan fingerprint density at radius 3 is 2.36 bits per heavy atom. The summed E-state index contributed by atoms with van der Waals surface area (Å²) < 4.78 is 23.7. The molecule has 1 aliphatic heterocycles. The van der Waals surface area contributed by atoms with Crippen molar-refractivity contribution in [2.24, 2.45) is 0 Å². The Labute approximate surface area is 210 Å². The summed E-state index contributed by atoms with van der Waals surface area (Å²) in [6, 6.07) is 10.3. The highest BCUT2D eigenvalue weighted by Crippen LogP contribution is 2.28. The number of hydrogen-bond acceptors (Lipinski definition) is 6. The Morgan fingerprint density at radius 2 is 1.69 bits per heavy atom. The lowest BCUT2D eigenvalue weighted by atomic mass is 10.0. The Bertz CT molecular complexity index is 1060. The fraction of sp³-hybridized carbons (Fsp3) is 0.423. The van der Waals surface area contributed by atoms with Crippen LogP contribution < -0.4 is 20.1 Å². The molecular weight excluding hydrogens is 467 g/mol. The number of carbonyl (C=O) groups excluding carboxylic acids is 3. The third-order valence-corrected chi connectivity index (χ3v) is 5.96. The van der Waals surface area contributed by atoms with E-state index >= 15 is 0 Å². The fourth-order valence-electron chi connectivity index (χ4n) is 4.20. The van der Waals surface area contributed by atoms with Gasteiger partial charge < -0.3 is 25.0 Å². The summed E-state index contributed by atoms with van der Waals surface area (Å²) in [6.45, 7) is 3.69. The highest BCUT2D eigenvalue weighted by molar-refractivity contribution is 5.92. The highest BCUT2D eigenvalue weighted by atomic mass is 19.1. The lowest BCUT2D eigenvalue weighted by Crippen LogP contribution is -2.50. The van der Waals surface area contributed by atoms with Crippen LogP contribution in [0.4, 0.5) is 10.1 Å². The number of amides is 3. The molecule has 0 aromatic heterocycles. The molecule has 0 aliphatic carbocycles. The molecule has 0 bridgehead atoms. The third-order valence-electron chi connectivity index (χ3n) is 5.96. The monoisotopic (exact) mass is 500 g/mol. The summed E-state index contributed by atoms with van der Waals surface area (Å²) in [4.78, 5) is 41.4. The zero-order valence-electron chi connectivity index (χ0n) is 20.9. The molecule has 9 nitrogen and oxygen atoms in total. The number of nitrogens with one attached hydrogen (secondary N) is 2. The van der Waals surface area contributed by atoms with Crippen LogP contribution in [0.15, 0.2) is 42.5 Å². The van der Waals surface area contributed by atoms with E-state index in [0.717, 1.165) is 5.56 Å². The van der Waals surface area contributed by atoms with Crippen molar-refractivity contribution in [1.29, 1.82) is 0 Å². The van der Waals surface area contributed by atoms with Crippen molar-refractivity contribution in [3.63, 3.8) is 0 Å². The summed E-state index contributed by atoms with van der Waals surface area (Å²) in [5.41, 5.74) is 1.36. The maximum Gasteiger partial charge on any atom is 0.245 e. The summed E-state index contributed by atoms with van der Waals surface area (Å²) in [5.74, 6) is 0.105. The molecule has 1 fully saturated rings. The molecule has 1 aliphatic rings. The number of ether oxygens (including phenoxy) is 2. The first-order chi connectivity index (χ1) is 17.3. The van der Waals surface area contributed by atoms with Crippen molar-refractivity contribution in [3.05, 3.63) is 53.8 Å². The van der Waals surface area contributed by atoms with Crippen LogP contribution >= 0.6 is 0 Å². The summed E-state index contributed by atoms with van der Waals surface area (Å²) in [7, 11) is 3.09. The van der Waals surface area contributed by atoms with Gasteiger partial charge in [0.1, 0.15) is 11.9 Å². The molecule has 0 radical (unpaired) electrons. The van der Waals surface area contributed by atoms with E-state index in [9.17, 15) is 18.8 Å². The zero-order valence-corrected chi connectivity index (χ0v) is 20.9. The number of halogens is 1. The van der Waals surface area contributed by atoms with Gasteiger partial charge in [-0.15, -0.1) is 0 Å². The summed E-state index contributed by atoms with van der Waals surface area (Å²) >= 11 is 0. The van der Waals surface area contributed by atoms with Gasteiger partial charge in [-0.3, -0.25) is 19.3 Å². The molecule has 36 heavy (non-hydrogen) atoms. The van der Waals surface area contributed by atoms with Gasteiger partial charge in [0.05, 0.1) is 20.8 Å². The molecule has 0 spiro atoms. The molecule has 0 saturated carbocycles. The Morgan fingerprint density at radius 1 is 0.972 bits per heavy atom. The molecule has 1 atom stereocenters. The van der Waals surface area contributed by atoms with Crippen LogP contribution in [0.1, 0.15) is 18.9 Å². The summed E-state index contributed by atoms with van der Waals surface area (Å²) in [6.07, 6.45) is 0.998. The highest BCUT2D eigenvalue weighted by Gasteiger charge is 2.28. The number of carbonyl (C=O) groups is 3. The number of hydrogen-bond donors (Lipinski definition) is 2. The summed E-state index contributed by atoms with van der Waals surface area (Å²) in [5, 5.41) is 5.54. The second-order valence-electron chi connectivity index (χ2n) is 8.66. The quantitative estimate of drug-likeness (QED) is 0.547. The maximum absolute atomic E-state index is 13.4. The predicted octanol–water partition coefficient (Wildman–Crippen LogP) is 2.06. The molecule has 1 saturated heterocycles. The van der Waals surface area contributed by atoms with E-state index in [-0.39, 0.29) is 30.1 Å². The smallest absolute Gasteiger partial charge is 0.245 e. The largest absolute Gasteiger partial charge is 0.493 e. The number of nitrogens with zero attached hydrogens (tertiary/aromatic N) is 2. The van der Waals surface area contributed by atoms with E-state index < -0.39 is 6.04 Å². The lowest BCUT2D eigenvalue weighted by molar-refractivity contribution is -0.136. The minimum atomic E-state index is -0.728. The van der Waals surface area contributed by atoms with Gasteiger partial charge in [-0.25, -0.2) is 4.39 Å². The first kappa shape index (κ1) is 26.9. The molecule has 3 amide bonds. The van der Waals surface area contributed by atoms with E-state index in [2.05, 4.69) is 10.6 Å². The number of rotatable bonds is 9. The fourth-order valence-corrected chi connectivity index (χ4v) is 4.20. The molecule has 2 N–H and O–H groups in total. The second-order valence-corrected chi connectivity index (χ2v) is 8.66. The van der Waals surface area contributed by atoms with Gasteiger partial charge in [0.15, 0.2) is 11.5 Å². The van der Waals surface area contributed by atoms with Crippen LogP contribution in [0.2, 0.25) is 0 Å². The topological polar surface area (TPSA) is 100 Å². The Balaban J connectivity index is 1.60. The van der Waals surface area contributed by atoms with E-state index in [4.69, 9.17) is 9.47 Å². The molecular formula is C26H33FN4O5. The van der Waals surface area contributed by atoms with Crippen molar-refractivity contribution < 1.29 is 28.2 Å². The number of benzene rings is 2. The first-order valence-electron chi connectivity index (χ1n) is 11.8. The Hall–Kier alpha value is -3.66. The molecule has 2 aromatic rings. The molecule has 2 aromatic carbocycles. The molecule has 3 rings (SSSR count). The van der Waals surface area contributed by atoms with Crippen LogP contribution in [-0.2, 0) is 20.8 Å². The Kier molecular flexibility index (Phi) is 9.63. The van der Waals surface area contributed by atoms with E-state index in [1.165, 1.54) is 31.2 Å². The minimum absolute atomic E-state index is 0.167.